The first-order chi connectivity index (χ1) is 17.0. The number of carboxylic acid groups (broad SMARTS) is 1. The molecule has 2 heterocycles. The molecule has 0 spiro atoms. The Kier molecular flexibility index (Phi) is 7.17. The molecule has 4 aromatic rings. The number of aliphatic carboxylic acids is 1. The molecule has 4 rings (SSSR count). The summed E-state index contributed by atoms with van der Waals surface area (Å²) in [6, 6.07) is 12.5. The third kappa shape index (κ3) is 4.74. The molecule has 0 fully saturated rings. The van der Waals surface area contributed by atoms with Crippen LogP contribution in [0.5, 0.6) is 0 Å². The lowest BCUT2D eigenvalue weighted by molar-refractivity contribution is -0.138. The van der Waals surface area contributed by atoms with Gasteiger partial charge in [-0.1, -0.05) is 60.5 Å². The molecule has 1 unspecified atom stereocenters. The van der Waals surface area contributed by atoms with Crippen molar-refractivity contribution in [1.29, 1.82) is 0 Å². The molecule has 8 nitrogen and oxygen atoms in total. The number of rotatable bonds is 7. The topological polar surface area (TPSA) is 118 Å². The molecular weight excluding hydrogens is 523 g/mol. The second-order valence-electron chi connectivity index (χ2n) is 8.66. The summed E-state index contributed by atoms with van der Waals surface area (Å²) in [5.74, 6) is -1.63. The van der Waals surface area contributed by atoms with Gasteiger partial charge in [0.05, 0.1) is 17.3 Å². The lowest BCUT2D eigenvalue weighted by atomic mass is 9.85. The van der Waals surface area contributed by atoms with E-state index in [1.807, 2.05) is 51.1 Å². The molecule has 2 aromatic carbocycles. The van der Waals surface area contributed by atoms with Gasteiger partial charge in [0, 0.05) is 31.5 Å². The Balaban J connectivity index is 1.87. The van der Waals surface area contributed by atoms with E-state index in [9.17, 15) is 19.5 Å². The first-order valence-electron chi connectivity index (χ1n) is 11.0. The Labute approximate surface area is 220 Å². The highest BCUT2D eigenvalue weighted by molar-refractivity contribution is 7.12. The standard InChI is InChI=1S/C25H22Cl2N4O4S/c1-4-15(22(33)34)21-20(13-8-6-5-7-9-13)30-23(36-21)25(2,3)19-16(26)10-14(11-17(19)27)31-24(35)29-18(32)12-28-31/h5-12,15H,4H2,1-3H3,(H,33,34)(H,29,32,35). The Morgan fingerprint density at radius 2 is 1.81 bits per heavy atom. The summed E-state index contributed by atoms with van der Waals surface area (Å²) in [5.41, 5.74) is 0.138. The number of H-pyrrole nitrogens is 1. The molecule has 2 aromatic heterocycles. The summed E-state index contributed by atoms with van der Waals surface area (Å²) in [4.78, 5) is 43.3. The summed E-state index contributed by atoms with van der Waals surface area (Å²) in [6.07, 6.45) is 1.39. The molecule has 11 heteroatoms. The van der Waals surface area contributed by atoms with Crippen LogP contribution in [0.4, 0.5) is 0 Å². The number of carboxylic acids is 1. The zero-order chi connectivity index (χ0) is 26.2. The van der Waals surface area contributed by atoms with Crippen LogP contribution >= 0.6 is 34.5 Å². The number of aromatic amines is 1. The maximum Gasteiger partial charge on any atom is 0.349 e. The summed E-state index contributed by atoms with van der Waals surface area (Å²) in [7, 11) is 0. The van der Waals surface area contributed by atoms with Crippen molar-refractivity contribution < 1.29 is 9.90 Å². The number of benzene rings is 2. The Morgan fingerprint density at radius 3 is 2.36 bits per heavy atom. The van der Waals surface area contributed by atoms with E-state index in [-0.39, 0.29) is 15.7 Å². The molecule has 1 atom stereocenters. The normalized spacial score (nSPS) is 12.5. The number of carbonyl (C=O) groups is 1. The van der Waals surface area contributed by atoms with Gasteiger partial charge in [0.15, 0.2) is 0 Å². The zero-order valence-electron chi connectivity index (χ0n) is 19.6. The average molecular weight is 545 g/mol. The van der Waals surface area contributed by atoms with Gasteiger partial charge in [0.2, 0.25) is 0 Å². The van der Waals surface area contributed by atoms with Crippen LogP contribution in [-0.4, -0.2) is 30.8 Å². The van der Waals surface area contributed by atoms with Gasteiger partial charge in [0.1, 0.15) is 11.2 Å². The van der Waals surface area contributed by atoms with E-state index in [0.717, 1.165) is 16.4 Å². The van der Waals surface area contributed by atoms with Crippen LogP contribution in [0, 0.1) is 0 Å². The van der Waals surface area contributed by atoms with Crippen LogP contribution in [0.15, 0.2) is 58.3 Å². The van der Waals surface area contributed by atoms with Crippen LogP contribution in [0.1, 0.15) is 48.6 Å². The first-order valence-corrected chi connectivity index (χ1v) is 12.6. The highest BCUT2D eigenvalue weighted by Crippen LogP contribution is 2.46. The quantitative estimate of drug-likeness (QED) is 0.327. The highest BCUT2D eigenvalue weighted by Gasteiger charge is 2.35. The van der Waals surface area contributed by atoms with Crippen LogP contribution in [0.3, 0.4) is 0 Å². The molecule has 0 aliphatic carbocycles. The molecule has 0 saturated carbocycles. The van der Waals surface area contributed by atoms with Gasteiger partial charge in [-0.2, -0.15) is 9.78 Å². The van der Waals surface area contributed by atoms with E-state index in [1.54, 1.807) is 0 Å². The Morgan fingerprint density at radius 1 is 1.17 bits per heavy atom. The van der Waals surface area contributed by atoms with Crippen molar-refractivity contribution in [3.05, 3.63) is 95.0 Å². The van der Waals surface area contributed by atoms with Crippen molar-refractivity contribution in [2.24, 2.45) is 0 Å². The van der Waals surface area contributed by atoms with Gasteiger partial charge in [-0.15, -0.1) is 11.3 Å². The fourth-order valence-electron chi connectivity index (χ4n) is 4.03. The summed E-state index contributed by atoms with van der Waals surface area (Å²) in [5, 5.41) is 14.9. The van der Waals surface area contributed by atoms with E-state index in [0.29, 0.717) is 27.6 Å². The number of thiazole rings is 1. The monoisotopic (exact) mass is 544 g/mol. The minimum Gasteiger partial charge on any atom is -0.481 e. The van der Waals surface area contributed by atoms with Crippen LogP contribution in [0.25, 0.3) is 16.9 Å². The van der Waals surface area contributed by atoms with E-state index < -0.39 is 28.6 Å². The maximum atomic E-state index is 12.2. The van der Waals surface area contributed by atoms with Gasteiger partial charge in [-0.25, -0.2) is 9.78 Å². The molecule has 0 aliphatic heterocycles. The summed E-state index contributed by atoms with van der Waals surface area (Å²) >= 11 is 14.7. The zero-order valence-corrected chi connectivity index (χ0v) is 21.9. The molecule has 0 saturated heterocycles. The third-order valence-electron chi connectivity index (χ3n) is 5.87. The number of hydrogen-bond donors (Lipinski definition) is 2. The third-order valence-corrected chi connectivity index (χ3v) is 7.96. The Bertz CT molecular complexity index is 1540. The van der Waals surface area contributed by atoms with Gasteiger partial charge < -0.3 is 5.11 Å². The number of halogens is 2. The van der Waals surface area contributed by atoms with Crippen LogP contribution in [0.2, 0.25) is 10.0 Å². The van der Waals surface area contributed by atoms with Crippen molar-refractivity contribution in [3.8, 4) is 16.9 Å². The molecular formula is C25H22Cl2N4O4S. The van der Waals surface area contributed by atoms with E-state index in [2.05, 4.69) is 10.1 Å². The highest BCUT2D eigenvalue weighted by atomic mass is 35.5. The number of hydrogen-bond acceptors (Lipinski definition) is 6. The van der Waals surface area contributed by atoms with Gasteiger partial charge >= 0.3 is 11.7 Å². The van der Waals surface area contributed by atoms with Crippen LogP contribution < -0.4 is 11.2 Å². The maximum absolute atomic E-state index is 12.2. The molecule has 186 valence electrons. The SMILES string of the molecule is CCC(C(=O)O)c1sc(C(C)(C)c2c(Cl)cc(-n3ncc(=O)[nH]c3=O)cc2Cl)nc1-c1ccccc1. The molecule has 2 N–H and O–H groups in total. The van der Waals surface area contributed by atoms with Gasteiger partial charge in [-0.3, -0.25) is 14.6 Å². The Hall–Kier alpha value is -3.27. The lowest BCUT2D eigenvalue weighted by Gasteiger charge is -2.26. The summed E-state index contributed by atoms with van der Waals surface area (Å²) in [6.45, 7) is 5.64. The van der Waals surface area contributed by atoms with Crippen molar-refractivity contribution in [3.63, 3.8) is 0 Å². The molecule has 0 bridgehead atoms. The lowest BCUT2D eigenvalue weighted by Crippen LogP contribution is -2.30. The molecule has 36 heavy (non-hydrogen) atoms. The van der Waals surface area contributed by atoms with Gasteiger partial charge in [-0.05, 0) is 32.4 Å². The van der Waals surface area contributed by atoms with E-state index >= 15 is 0 Å². The molecule has 0 amide bonds. The number of aromatic nitrogens is 4. The fourth-order valence-corrected chi connectivity index (χ4v) is 6.35. The second-order valence-corrected chi connectivity index (χ2v) is 10.5. The minimum absolute atomic E-state index is 0.269. The summed E-state index contributed by atoms with van der Waals surface area (Å²) < 4.78 is 0.990. The smallest absolute Gasteiger partial charge is 0.349 e. The predicted molar refractivity (Wildman–Crippen MR) is 141 cm³/mol. The van der Waals surface area contributed by atoms with E-state index in [1.165, 1.54) is 23.5 Å². The predicted octanol–water partition coefficient (Wildman–Crippen LogP) is 5.26. The van der Waals surface area contributed by atoms with E-state index in [4.69, 9.17) is 28.2 Å². The number of nitrogens with zero attached hydrogens (tertiary/aromatic N) is 3. The van der Waals surface area contributed by atoms with Gasteiger partial charge in [0.25, 0.3) is 5.56 Å². The second kappa shape index (κ2) is 10.0. The van der Waals surface area contributed by atoms with Crippen molar-refractivity contribution in [2.75, 3.05) is 0 Å². The molecule has 0 radical (unpaired) electrons. The molecule has 0 aliphatic rings. The van der Waals surface area contributed by atoms with Crippen molar-refractivity contribution >= 4 is 40.5 Å². The van der Waals surface area contributed by atoms with Crippen LogP contribution in [-0.2, 0) is 10.2 Å². The first kappa shape index (κ1) is 25.8. The van der Waals surface area contributed by atoms with Crippen molar-refractivity contribution in [1.82, 2.24) is 19.7 Å². The van der Waals surface area contributed by atoms with Crippen molar-refractivity contribution in [2.45, 2.75) is 38.5 Å². The fraction of sp³-hybridized carbons (Fsp3) is 0.240. The minimum atomic E-state index is -0.915. The largest absolute Gasteiger partial charge is 0.481 e. The number of nitrogens with one attached hydrogen (secondary N) is 1. The average Bonchev–Trinajstić information content (AvgIpc) is 3.25.